The lowest BCUT2D eigenvalue weighted by Gasteiger charge is -2.17. The molecule has 0 saturated carbocycles. The Morgan fingerprint density at radius 1 is 1.17 bits per heavy atom. The van der Waals surface area contributed by atoms with Crippen LogP contribution in [-0.2, 0) is 4.74 Å². The van der Waals surface area contributed by atoms with Crippen LogP contribution in [0.2, 0.25) is 0 Å². The van der Waals surface area contributed by atoms with Crippen molar-refractivity contribution in [3.8, 4) is 5.75 Å². The van der Waals surface area contributed by atoms with Crippen molar-refractivity contribution in [2.75, 3.05) is 20.3 Å². The number of methoxy groups -OCH3 is 1. The molecule has 0 radical (unpaired) electrons. The molecule has 2 aromatic rings. The number of carbonyl (C=O) groups is 1. The summed E-state index contributed by atoms with van der Waals surface area (Å²) in [5, 5.41) is 2.65. The Morgan fingerprint density at radius 2 is 1.92 bits per heavy atom. The van der Waals surface area contributed by atoms with E-state index in [1.54, 1.807) is 38.3 Å². The van der Waals surface area contributed by atoms with Crippen LogP contribution in [0.3, 0.4) is 0 Å². The van der Waals surface area contributed by atoms with E-state index in [0.717, 1.165) is 18.2 Å². The van der Waals surface area contributed by atoms with Gasteiger partial charge in [-0.3, -0.25) is 4.79 Å². The summed E-state index contributed by atoms with van der Waals surface area (Å²) in [5.41, 5.74) is 0.401. The Balaban J connectivity index is 2.13. The zero-order chi connectivity index (χ0) is 17.5. The van der Waals surface area contributed by atoms with E-state index in [2.05, 4.69) is 5.32 Å². The summed E-state index contributed by atoms with van der Waals surface area (Å²) in [4.78, 5) is 12.4. The lowest BCUT2D eigenvalue weighted by atomic mass is 10.1. The van der Waals surface area contributed by atoms with Gasteiger partial charge in [-0.15, -0.1) is 0 Å². The molecule has 0 saturated heterocycles. The van der Waals surface area contributed by atoms with Crippen molar-refractivity contribution in [3.63, 3.8) is 0 Å². The molecule has 1 atom stereocenters. The summed E-state index contributed by atoms with van der Waals surface area (Å²) in [6, 6.07) is 9.16. The SMILES string of the molecule is COCCOc1ccccc1C(=O)NC(C)c1cc(F)ccc1F. The van der Waals surface area contributed by atoms with E-state index in [1.165, 1.54) is 0 Å². The van der Waals surface area contributed by atoms with E-state index in [0.29, 0.717) is 24.5 Å². The van der Waals surface area contributed by atoms with E-state index < -0.39 is 23.6 Å². The zero-order valence-corrected chi connectivity index (χ0v) is 13.5. The van der Waals surface area contributed by atoms with Crippen molar-refractivity contribution in [1.29, 1.82) is 0 Å². The molecule has 0 heterocycles. The second-order valence-electron chi connectivity index (χ2n) is 5.20. The summed E-state index contributed by atoms with van der Waals surface area (Å²) in [7, 11) is 1.55. The maximum Gasteiger partial charge on any atom is 0.255 e. The van der Waals surface area contributed by atoms with E-state index in [4.69, 9.17) is 9.47 Å². The topological polar surface area (TPSA) is 47.6 Å². The molecule has 0 bridgehead atoms. The third-order valence-electron chi connectivity index (χ3n) is 3.45. The van der Waals surface area contributed by atoms with Gasteiger partial charge in [-0.2, -0.15) is 0 Å². The number of hydrogen-bond donors (Lipinski definition) is 1. The van der Waals surface area contributed by atoms with Gasteiger partial charge in [0.25, 0.3) is 5.91 Å². The molecular formula is C18H19F2NO3. The monoisotopic (exact) mass is 335 g/mol. The molecule has 0 spiro atoms. The highest BCUT2D eigenvalue weighted by molar-refractivity contribution is 5.97. The highest BCUT2D eigenvalue weighted by atomic mass is 19.1. The second kappa shape index (κ2) is 8.40. The number of ether oxygens (including phenoxy) is 2. The van der Waals surface area contributed by atoms with Gasteiger partial charge in [0.1, 0.15) is 24.0 Å². The Morgan fingerprint density at radius 3 is 2.67 bits per heavy atom. The number of rotatable bonds is 7. The van der Waals surface area contributed by atoms with Crippen LogP contribution in [0.5, 0.6) is 5.75 Å². The smallest absolute Gasteiger partial charge is 0.255 e. The Kier molecular flexibility index (Phi) is 6.26. The van der Waals surface area contributed by atoms with Gasteiger partial charge in [-0.25, -0.2) is 8.78 Å². The number of carbonyl (C=O) groups excluding carboxylic acids is 1. The molecule has 0 aliphatic rings. The second-order valence-corrected chi connectivity index (χ2v) is 5.20. The van der Waals surface area contributed by atoms with E-state index >= 15 is 0 Å². The molecule has 1 amide bonds. The van der Waals surface area contributed by atoms with Crippen molar-refractivity contribution in [2.24, 2.45) is 0 Å². The van der Waals surface area contributed by atoms with Gasteiger partial charge in [-0.1, -0.05) is 12.1 Å². The van der Waals surface area contributed by atoms with Crippen molar-refractivity contribution in [1.82, 2.24) is 5.32 Å². The first-order valence-electron chi connectivity index (χ1n) is 7.49. The van der Waals surface area contributed by atoms with Gasteiger partial charge < -0.3 is 14.8 Å². The van der Waals surface area contributed by atoms with E-state index in [9.17, 15) is 13.6 Å². The normalized spacial score (nSPS) is 11.8. The van der Waals surface area contributed by atoms with Crippen LogP contribution in [-0.4, -0.2) is 26.2 Å². The van der Waals surface area contributed by atoms with Gasteiger partial charge in [0.05, 0.1) is 18.2 Å². The van der Waals surface area contributed by atoms with Gasteiger partial charge in [0.2, 0.25) is 0 Å². The summed E-state index contributed by atoms with van der Waals surface area (Å²) >= 11 is 0. The fourth-order valence-electron chi connectivity index (χ4n) is 2.21. The van der Waals surface area contributed by atoms with Crippen LogP contribution in [0.15, 0.2) is 42.5 Å². The molecule has 2 rings (SSSR count). The molecule has 0 fully saturated rings. The number of para-hydroxylation sites is 1. The maximum atomic E-state index is 13.8. The third kappa shape index (κ3) is 4.52. The Bertz CT molecular complexity index is 706. The first-order chi connectivity index (χ1) is 11.5. The van der Waals surface area contributed by atoms with Crippen molar-refractivity contribution in [3.05, 3.63) is 65.2 Å². The van der Waals surface area contributed by atoms with Gasteiger partial charge in [0, 0.05) is 12.7 Å². The Labute approximate surface area is 139 Å². The number of benzene rings is 2. The van der Waals surface area contributed by atoms with Gasteiger partial charge >= 0.3 is 0 Å². The van der Waals surface area contributed by atoms with E-state index in [1.807, 2.05) is 0 Å². The fraction of sp³-hybridized carbons (Fsp3) is 0.278. The predicted octanol–water partition coefficient (Wildman–Crippen LogP) is 3.48. The summed E-state index contributed by atoms with van der Waals surface area (Å²) in [5.74, 6) is -1.16. The summed E-state index contributed by atoms with van der Waals surface area (Å²) in [6.07, 6.45) is 0. The van der Waals surface area contributed by atoms with Crippen LogP contribution in [0.4, 0.5) is 8.78 Å². The molecule has 2 aromatic carbocycles. The quantitative estimate of drug-likeness (QED) is 0.788. The fourth-order valence-corrected chi connectivity index (χ4v) is 2.21. The number of nitrogens with one attached hydrogen (secondary N) is 1. The minimum atomic E-state index is -0.694. The van der Waals surface area contributed by atoms with Crippen LogP contribution < -0.4 is 10.1 Å². The van der Waals surface area contributed by atoms with Crippen molar-refractivity contribution >= 4 is 5.91 Å². The third-order valence-corrected chi connectivity index (χ3v) is 3.45. The minimum Gasteiger partial charge on any atom is -0.490 e. The molecule has 128 valence electrons. The predicted molar refractivity (Wildman–Crippen MR) is 86.1 cm³/mol. The first-order valence-corrected chi connectivity index (χ1v) is 7.49. The van der Waals surface area contributed by atoms with E-state index in [-0.39, 0.29) is 5.56 Å². The van der Waals surface area contributed by atoms with Crippen LogP contribution in [0.1, 0.15) is 28.9 Å². The van der Waals surface area contributed by atoms with Gasteiger partial charge in [-0.05, 0) is 37.3 Å². The lowest BCUT2D eigenvalue weighted by molar-refractivity contribution is 0.0931. The van der Waals surface area contributed by atoms with Crippen LogP contribution in [0, 0.1) is 11.6 Å². The molecule has 1 N–H and O–H groups in total. The standard InChI is InChI=1S/C18H19F2NO3/c1-12(15-11-13(19)7-8-16(15)20)21-18(22)14-5-3-4-6-17(14)24-10-9-23-2/h3-8,11-12H,9-10H2,1-2H3,(H,21,22). The molecule has 6 heteroatoms. The first kappa shape index (κ1) is 17.9. The summed E-state index contributed by atoms with van der Waals surface area (Å²) < 4.78 is 37.5. The maximum absolute atomic E-state index is 13.8. The Hall–Kier alpha value is -2.47. The number of halogens is 2. The van der Waals surface area contributed by atoms with Crippen LogP contribution >= 0.6 is 0 Å². The molecule has 4 nitrogen and oxygen atoms in total. The number of amides is 1. The molecular weight excluding hydrogens is 316 g/mol. The molecule has 0 aliphatic heterocycles. The molecule has 1 unspecified atom stereocenters. The van der Waals surface area contributed by atoms with Crippen molar-refractivity contribution in [2.45, 2.75) is 13.0 Å². The highest BCUT2D eigenvalue weighted by Gasteiger charge is 2.18. The van der Waals surface area contributed by atoms with Crippen LogP contribution in [0.25, 0.3) is 0 Å². The average molecular weight is 335 g/mol. The highest BCUT2D eigenvalue weighted by Crippen LogP contribution is 2.21. The average Bonchev–Trinajstić information content (AvgIpc) is 2.57. The zero-order valence-electron chi connectivity index (χ0n) is 13.5. The molecule has 0 aromatic heterocycles. The molecule has 24 heavy (non-hydrogen) atoms. The number of hydrogen-bond acceptors (Lipinski definition) is 3. The van der Waals surface area contributed by atoms with Gasteiger partial charge in [0.15, 0.2) is 0 Å². The lowest BCUT2D eigenvalue weighted by Crippen LogP contribution is -2.28. The summed E-state index contributed by atoms with van der Waals surface area (Å²) in [6.45, 7) is 2.28. The largest absolute Gasteiger partial charge is 0.490 e. The minimum absolute atomic E-state index is 0.0844. The molecule has 0 aliphatic carbocycles. The van der Waals surface area contributed by atoms with Crippen molar-refractivity contribution < 1.29 is 23.0 Å².